The van der Waals surface area contributed by atoms with Gasteiger partial charge in [-0.05, 0) is 19.1 Å². The van der Waals surface area contributed by atoms with Gasteiger partial charge in [0.25, 0.3) is 0 Å². The number of para-hydroxylation sites is 1. The third kappa shape index (κ3) is 1.74. The number of nitrogens with two attached hydrogens (primary N) is 1. The van der Waals surface area contributed by atoms with E-state index in [1.165, 1.54) is 6.07 Å². The molecule has 0 radical (unpaired) electrons. The van der Waals surface area contributed by atoms with E-state index in [2.05, 4.69) is 4.98 Å². The van der Waals surface area contributed by atoms with E-state index in [9.17, 15) is 4.39 Å². The molecule has 0 spiro atoms. The molecular formula is C10H12ClFN2. The Morgan fingerprint density at radius 3 is 2.71 bits per heavy atom. The van der Waals surface area contributed by atoms with E-state index in [0.717, 1.165) is 11.1 Å². The molecule has 0 bridgehead atoms. The molecule has 0 saturated heterocycles. The van der Waals surface area contributed by atoms with Crippen LogP contribution in [0.25, 0.3) is 10.9 Å². The van der Waals surface area contributed by atoms with Gasteiger partial charge in [0.2, 0.25) is 0 Å². The van der Waals surface area contributed by atoms with E-state index >= 15 is 0 Å². The summed E-state index contributed by atoms with van der Waals surface area (Å²) in [5.74, 6) is -0.232. The van der Waals surface area contributed by atoms with Gasteiger partial charge in [0.05, 0.1) is 5.52 Å². The van der Waals surface area contributed by atoms with Gasteiger partial charge < -0.3 is 10.7 Å². The van der Waals surface area contributed by atoms with Crippen LogP contribution in [0.3, 0.4) is 0 Å². The van der Waals surface area contributed by atoms with Crippen LogP contribution in [-0.4, -0.2) is 4.98 Å². The van der Waals surface area contributed by atoms with Gasteiger partial charge in [-0.25, -0.2) is 4.39 Å². The predicted molar refractivity (Wildman–Crippen MR) is 58.1 cm³/mol. The van der Waals surface area contributed by atoms with Gasteiger partial charge >= 0.3 is 0 Å². The zero-order valence-corrected chi connectivity index (χ0v) is 8.57. The van der Waals surface area contributed by atoms with Crippen LogP contribution in [0.15, 0.2) is 24.3 Å². The third-order valence-electron chi connectivity index (χ3n) is 2.12. The summed E-state index contributed by atoms with van der Waals surface area (Å²) < 4.78 is 13.2. The maximum Gasteiger partial charge on any atom is 0.147 e. The number of H-pyrrole nitrogens is 1. The van der Waals surface area contributed by atoms with Gasteiger partial charge in [-0.15, -0.1) is 12.4 Å². The summed E-state index contributed by atoms with van der Waals surface area (Å²) in [5, 5.41) is 0.868. The van der Waals surface area contributed by atoms with Crippen LogP contribution in [0, 0.1) is 5.82 Å². The highest BCUT2D eigenvalue weighted by Crippen LogP contribution is 2.20. The fraction of sp³-hybridized carbons (Fsp3) is 0.200. The quantitative estimate of drug-likeness (QED) is 0.753. The summed E-state index contributed by atoms with van der Waals surface area (Å²) in [5.41, 5.74) is 7.07. The second kappa shape index (κ2) is 3.98. The van der Waals surface area contributed by atoms with Crippen molar-refractivity contribution in [3.8, 4) is 0 Å². The van der Waals surface area contributed by atoms with Crippen molar-refractivity contribution in [2.45, 2.75) is 13.0 Å². The Morgan fingerprint density at radius 2 is 2.14 bits per heavy atom. The lowest BCUT2D eigenvalue weighted by Gasteiger charge is -1.98. The summed E-state index contributed by atoms with van der Waals surface area (Å²) in [6.07, 6.45) is 0. The minimum absolute atomic E-state index is 0. The van der Waals surface area contributed by atoms with Crippen molar-refractivity contribution < 1.29 is 4.39 Å². The molecule has 0 aliphatic carbocycles. The van der Waals surface area contributed by atoms with Gasteiger partial charge in [0.15, 0.2) is 0 Å². The zero-order chi connectivity index (χ0) is 9.42. The second-order valence-corrected chi connectivity index (χ2v) is 3.22. The van der Waals surface area contributed by atoms with Crippen molar-refractivity contribution in [2.75, 3.05) is 0 Å². The lowest BCUT2D eigenvalue weighted by Crippen LogP contribution is -2.04. The molecule has 3 N–H and O–H groups in total. The van der Waals surface area contributed by atoms with E-state index < -0.39 is 0 Å². The number of hydrogen-bond donors (Lipinski definition) is 2. The highest BCUT2D eigenvalue weighted by Gasteiger charge is 2.06. The molecule has 4 heteroatoms. The molecule has 1 atom stereocenters. The van der Waals surface area contributed by atoms with Crippen molar-refractivity contribution >= 4 is 23.3 Å². The minimum Gasteiger partial charge on any atom is -0.355 e. The highest BCUT2D eigenvalue weighted by atomic mass is 35.5. The third-order valence-corrected chi connectivity index (χ3v) is 2.12. The van der Waals surface area contributed by atoms with Crippen LogP contribution in [-0.2, 0) is 0 Å². The Morgan fingerprint density at radius 1 is 1.43 bits per heavy atom. The Bertz CT molecular complexity index is 437. The smallest absolute Gasteiger partial charge is 0.147 e. The molecule has 1 aromatic heterocycles. The predicted octanol–water partition coefficient (Wildman–Crippen LogP) is 2.75. The fourth-order valence-electron chi connectivity index (χ4n) is 1.39. The molecule has 0 aliphatic rings. The topological polar surface area (TPSA) is 41.8 Å². The first-order valence-electron chi connectivity index (χ1n) is 4.21. The SMILES string of the molecule is CC(N)c1cc2cccc(F)c2[nH]1.Cl. The lowest BCUT2D eigenvalue weighted by atomic mass is 10.2. The molecule has 1 aromatic carbocycles. The number of rotatable bonds is 1. The highest BCUT2D eigenvalue weighted by molar-refractivity contribution is 5.85. The van der Waals surface area contributed by atoms with Crippen molar-refractivity contribution in [3.05, 3.63) is 35.8 Å². The van der Waals surface area contributed by atoms with Crippen LogP contribution in [0.5, 0.6) is 0 Å². The fourth-order valence-corrected chi connectivity index (χ4v) is 1.39. The Balaban J connectivity index is 0.000000980. The number of halogens is 2. The molecule has 0 aliphatic heterocycles. The molecule has 2 rings (SSSR count). The molecular weight excluding hydrogens is 203 g/mol. The largest absolute Gasteiger partial charge is 0.355 e. The molecule has 2 nitrogen and oxygen atoms in total. The van der Waals surface area contributed by atoms with Crippen LogP contribution in [0.1, 0.15) is 18.7 Å². The monoisotopic (exact) mass is 214 g/mol. The first-order chi connectivity index (χ1) is 6.18. The molecule has 2 aromatic rings. The van der Waals surface area contributed by atoms with E-state index in [1.807, 2.05) is 19.1 Å². The van der Waals surface area contributed by atoms with Crippen LogP contribution in [0.4, 0.5) is 4.39 Å². The van der Waals surface area contributed by atoms with Crippen molar-refractivity contribution in [3.63, 3.8) is 0 Å². The van der Waals surface area contributed by atoms with Crippen LogP contribution in [0.2, 0.25) is 0 Å². The second-order valence-electron chi connectivity index (χ2n) is 3.22. The van der Waals surface area contributed by atoms with Crippen molar-refractivity contribution in [2.24, 2.45) is 5.73 Å². The van der Waals surface area contributed by atoms with Crippen LogP contribution < -0.4 is 5.73 Å². The summed E-state index contributed by atoms with van der Waals surface area (Å²) in [4.78, 5) is 2.96. The average molecular weight is 215 g/mol. The number of hydrogen-bond acceptors (Lipinski definition) is 1. The normalized spacial score (nSPS) is 12.5. The van der Waals surface area contributed by atoms with Gasteiger partial charge in [-0.2, -0.15) is 0 Å². The van der Waals surface area contributed by atoms with Gasteiger partial charge in [-0.3, -0.25) is 0 Å². The Kier molecular flexibility index (Phi) is 3.13. The number of fused-ring (bicyclic) bond motifs is 1. The molecule has 1 heterocycles. The van der Waals surface area contributed by atoms with Gasteiger partial charge in [-0.1, -0.05) is 12.1 Å². The van der Waals surface area contributed by atoms with E-state index in [4.69, 9.17) is 5.73 Å². The number of aromatic amines is 1. The number of aromatic nitrogens is 1. The van der Waals surface area contributed by atoms with E-state index in [1.54, 1.807) is 6.07 Å². The van der Waals surface area contributed by atoms with E-state index in [0.29, 0.717) is 5.52 Å². The molecule has 0 amide bonds. The first-order valence-corrected chi connectivity index (χ1v) is 4.21. The molecule has 0 fully saturated rings. The summed E-state index contributed by atoms with van der Waals surface area (Å²) >= 11 is 0. The number of nitrogens with one attached hydrogen (secondary N) is 1. The maximum absolute atomic E-state index is 13.2. The zero-order valence-electron chi connectivity index (χ0n) is 7.75. The van der Waals surface area contributed by atoms with E-state index in [-0.39, 0.29) is 24.3 Å². The summed E-state index contributed by atoms with van der Waals surface area (Å²) in [6.45, 7) is 1.86. The Hall–Kier alpha value is -1.06. The standard InChI is InChI=1S/C10H11FN2.ClH/c1-6(12)9-5-7-3-2-4-8(11)10(7)13-9;/h2-6,13H,12H2,1H3;1H. The number of benzene rings is 1. The maximum atomic E-state index is 13.2. The molecule has 76 valence electrons. The molecule has 1 unspecified atom stereocenters. The van der Waals surface area contributed by atoms with Gasteiger partial charge in [0.1, 0.15) is 5.82 Å². The summed E-state index contributed by atoms with van der Waals surface area (Å²) in [6, 6.07) is 6.77. The van der Waals surface area contributed by atoms with Gasteiger partial charge in [0, 0.05) is 17.1 Å². The summed E-state index contributed by atoms with van der Waals surface area (Å²) in [7, 11) is 0. The van der Waals surface area contributed by atoms with Crippen molar-refractivity contribution in [1.29, 1.82) is 0 Å². The average Bonchev–Trinajstić information content (AvgIpc) is 2.49. The first kappa shape index (κ1) is 11.0. The lowest BCUT2D eigenvalue weighted by molar-refractivity contribution is 0.636. The molecule has 0 saturated carbocycles. The Labute approximate surface area is 87.7 Å². The van der Waals surface area contributed by atoms with Crippen LogP contribution >= 0.6 is 12.4 Å². The molecule has 14 heavy (non-hydrogen) atoms. The van der Waals surface area contributed by atoms with Crippen molar-refractivity contribution in [1.82, 2.24) is 4.98 Å². The minimum atomic E-state index is -0.232.